The average Bonchev–Trinajstić information content (AvgIpc) is 2.85. The van der Waals surface area contributed by atoms with E-state index in [1.54, 1.807) is 18.6 Å². The number of hydrogen-bond acceptors (Lipinski definition) is 8. The first-order chi connectivity index (χ1) is 15.9. The Bertz CT molecular complexity index is 1220. The molecule has 0 bridgehead atoms. The van der Waals surface area contributed by atoms with Crippen molar-refractivity contribution in [2.45, 2.75) is 4.90 Å². The van der Waals surface area contributed by atoms with E-state index >= 15 is 0 Å². The molecule has 0 saturated carbocycles. The molecule has 0 unspecified atom stereocenters. The topological polar surface area (TPSA) is 134 Å². The van der Waals surface area contributed by atoms with E-state index in [-0.39, 0.29) is 10.5 Å². The number of hydrogen-bond donors (Lipinski definition) is 2. The molecule has 33 heavy (non-hydrogen) atoms. The van der Waals surface area contributed by atoms with Crippen LogP contribution in [-0.4, -0.2) is 56.7 Å². The lowest BCUT2D eigenvalue weighted by atomic mass is 10.2. The fourth-order valence-corrected chi connectivity index (χ4v) is 3.93. The number of carbonyl (C=O) groups is 1. The highest BCUT2D eigenvalue weighted by atomic mass is 32.2. The summed E-state index contributed by atoms with van der Waals surface area (Å²) in [5.74, 6) is 0.301. The normalized spacial score (nSPS) is 14.5. The zero-order chi connectivity index (χ0) is 23.3. The number of carbonyl (C=O) groups excluding carboxylic acids is 1. The Labute approximate surface area is 191 Å². The summed E-state index contributed by atoms with van der Waals surface area (Å²) < 4.78 is 22.6. The Morgan fingerprint density at radius 1 is 0.939 bits per heavy atom. The summed E-state index contributed by atoms with van der Waals surface area (Å²) in [6.45, 7) is 3.42. The van der Waals surface area contributed by atoms with Crippen molar-refractivity contribution in [1.82, 2.24) is 15.4 Å². The van der Waals surface area contributed by atoms with Crippen LogP contribution in [0.5, 0.6) is 0 Å². The van der Waals surface area contributed by atoms with E-state index in [1.165, 1.54) is 24.3 Å². The van der Waals surface area contributed by atoms with Gasteiger partial charge in [-0.05, 0) is 48.0 Å². The van der Waals surface area contributed by atoms with E-state index in [1.807, 2.05) is 30.3 Å². The molecule has 1 aromatic heterocycles. The summed E-state index contributed by atoms with van der Waals surface area (Å²) in [5.41, 5.74) is 4.64. The highest BCUT2D eigenvalue weighted by Gasteiger charge is 2.18. The Morgan fingerprint density at radius 2 is 1.55 bits per heavy atom. The maximum Gasteiger partial charge on any atom is 0.271 e. The lowest BCUT2D eigenvalue weighted by Crippen LogP contribution is -2.47. The molecule has 4 rings (SSSR count). The number of amides is 1. The van der Waals surface area contributed by atoms with Gasteiger partial charge in [0.15, 0.2) is 0 Å². The summed E-state index contributed by atoms with van der Waals surface area (Å²) in [6, 6.07) is 15.0. The van der Waals surface area contributed by atoms with Gasteiger partial charge in [-0.1, -0.05) is 12.1 Å². The number of benzene rings is 2. The lowest BCUT2D eigenvalue weighted by Gasteiger charge is -2.36. The molecule has 2 aromatic carbocycles. The minimum absolute atomic E-state index is 0.0579. The minimum atomic E-state index is -3.80. The maximum atomic E-state index is 12.2. The largest absolute Gasteiger partial charge is 0.368 e. The summed E-state index contributed by atoms with van der Waals surface area (Å²) >= 11 is 0. The second-order valence-corrected chi connectivity index (χ2v) is 8.94. The van der Waals surface area contributed by atoms with Crippen LogP contribution in [0.15, 0.2) is 77.0 Å². The number of piperazine rings is 1. The summed E-state index contributed by atoms with van der Waals surface area (Å²) in [6.07, 6.45) is 5.05. The standard InChI is InChI=1S/C22H23N7O3S/c23-33(31,32)20-8-4-18(5-9-20)21(30)27-26-16-17-2-6-19(7-3-17)28-12-14-29(15-13-28)22-24-10-1-11-25-22/h1-11,16H,12-15H2,(H,27,30)(H2,23,31,32)/b26-16+. The fraction of sp³-hybridized carbons (Fsp3) is 0.182. The Hall–Kier alpha value is -3.83. The number of nitrogens with one attached hydrogen (secondary N) is 1. The van der Waals surface area contributed by atoms with Crippen molar-refractivity contribution in [2.75, 3.05) is 36.0 Å². The molecule has 0 spiro atoms. The third-order valence-corrected chi connectivity index (χ3v) is 6.13. The fourth-order valence-electron chi connectivity index (χ4n) is 3.42. The van der Waals surface area contributed by atoms with Crippen LogP contribution in [0.2, 0.25) is 0 Å². The van der Waals surface area contributed by atoms with E-state index in [0.717, 1.165) is 43.4 Å². The zero-order valence-electron chi connectivity index (χ0n) is 17.7. The molecule has 1 fully saturated rings. The number of anilines is 2. The molecule has 3 aromatic rings. The minimum Gasteiger partial charge on any atom is -0.368 e. The average molecular weight is 466 g/mol. The van der Waals surface area contributed by atoms with Crippen molar-refractivity contribution in [3.8, 4) is 0 Å². The molecule has 1 saturated heterocycles. The summed E-state index contributed by atoms with van der Waals surface area (Å²) in [5, 5.41) is 9.03. The van der Waals surface area contributed by atoms with Crippen molar-refractivity contribution in [2.24, 2.45) is 10.2 Å². The molecule has 2 heterocycles. The SMILES string of the molecule is NS(=O)(=O)c1ccc(C(=O)N/N=C/c2ccc(N3CCN(c4ncccn4)CC3)cc2)cc1. The van der Waals surface area contributed by atoms with Crippen molar-refractivity contribution in [1.29, 1.82) is 0 Å². The second-order valence-electron chi connectivity index (χ2n) is 7.38. The van der Waals surface area contributed by atoms with Gasteiger partial charge in [0.1, 0.15) is 0 Å². The van der Waals surface area contributed by atoms with Gasteiger partial charge in [0.2, 0.25) is 16.0 Å². The van der Waals surface area contributed by atoms with Gasteiger partial charge in [-0.2, -0.15) is 5.10 Å². The van der Waals surface area contributed by atoms with Crippen LogP contribution >= 0.6 is 0 Å². The number of aromatic nitrogens is 2. The number of nitrogens with two attached hydrogens (primary N) is 1. The van der Waals surface area contributed by atoms with Crippen LogP contribution in [0.3, 0.4) is 0 Å². The van der Waals surface area contributed by atoms with Crippen molar-refractivity contribution in [3.63, 3.8) is 0 Å². The first-order valence-corrected chi connectivity index (χ1v) is 11.8. The van der Waals surface area contributed by atoms with Gasteiger partial charge in [0.25, 0.3) is 5.91 Å². The second kappa shape index (κ2) is 9.76. The molecular weight excluding hydrogens is 442 g/mol. The van der Waals surface area contributed by atoms with E-state index in [9.17, 15) is 13.2 Å². The molecule has 170 valence electrons. The molecule has 0 radical (unpaired) electrons. The third-order valence-electron chi connectivity index (χ3n) is 5.20. The van der Waals surface area contributed by atoms with E-state index in [4.69, 9.17) is 5.14 Å². The van der Waals surface area contributed by atoms with Crippen LogP contribution in [-0.2, 0) is 10.0 Å². The highest BCUT2D eigenvalue weighted by Crippen LogP contribution is 2.18. The van der Waals surface area contributed by atoms with Gasteiger partial charge < -0.3 is 9.80 Å². The zero-order valence-corrected chi connectivity index (χ0v) is 18.5. The van der Waals surface area contributed by atoms with E-state index in [0.29, 0.717) is 0 Å². The lowest BCUT2D eigenvalue weighted by molar-refractivity contribution is 0.0955. The first kappa shape index (κ1) is 22.4. The van der Waals surface area contributed by atoms with E-state index < -0.39 is 15.9 Å². The van der Waals surface area contributed by atoms with Gasteiger partial charge in [0.05, 0.1) is 11.1 Å². The van der Waals surface area contributed by atoms with Crippen molar-refractivity contribution in [3.05, 3.63) is 78.1 Å². The number of rotatable bonds is 6. The summed E-state index contributed by atoms with van der Waals surface area (Å²) in [4.78, 5) is 25.2. The van der Waals surface area contributed by atoms with Gasteiger partial charge in [-0.15, -0.1) is 0 Å². The van der Waals surface area contributed by atoms with Crippen molar-refractivity contribution >= 4 is 33.8 Å². The molecule has 1 aliphatic heterocycles. The first-order valence-electron chi connectivity index (χ1n) is 10.2. The number of nitrogens with zero attached hydrogens (tertiary/aromatic N) is 5. The molecule has 10 nitrogen and oxygen atoms in total. The summed E-state index contributed by atoms with van der Waals surface area (Å²) in [7, 11) is -3.80. The highest BCUT2D eigenvalue weighted by molar-refractivity contribution is 7.89. The Morgan fingerprint density at radius 3 is 2.15 bits per heavy atom. The van der Waals surface area contributed by atoms with Crippen LogP contribution in [0, 0.1) is 0 Å². The van der Waals surface area contributed by atoms with Crippen LogP contribution in [0.4, 0.5) is 11.6 Å². The van der Waals surface area contributed by atoms with Crippen molar-refractivity contribution < 1.29 is 13.2 Å². The smallest absolute Gasteiger partial charge is 0.271 e. The van der Waals surface area contributed by atoms with Gasteiger partial charge >= 0.3 is 0 Å². The van der Waals surface area contributed by atoms with Crippen LogP contribution in [0.25, 0.3) is 0 Å². The Kier molecular flexibility index (Phi) is 6.61. The molecule has 1 amide bonds. The monoisotopic (exact) mass is 465 g/mol. The number of primary sulfonamides is 1. The van der Waals surface area contributed by atoms with Crippen LogP contribution in [0.1, 0.15) is 15.9 Å². The predicted molar refractivity (Wildman–Crippen MR) is 126 cm³/mol. The van der Waals surface area contributed by atoms with Gasteiger partial charge in [-0.3, -0.25) is 4.79 Å². The van der Waals surface area contributed by atoms with Gasteiger partial charge in [-0.25, -0.2) is 29.0 Å². The molecule has 1 aliphatic rings. The number of sulfonamides is 1. The molecule has 11 heteroatoms. The molecule has 0 aliphatic carbocycles. The molecular formula is C22H23N7O3S. The molecule has 3 N–H and O–H groups in total. The quantitative estimate of drug-likeness (QED) is 0.413. The molecule has 0 atom stereocenters. The maximum absolute atomic E-state index is 12.2. The Balaban J connectivity index is 1.29. The van der Waals surface area contributed by atoms with E-state index in [2.05, 4.69) is 30.3 Å². The third kappa shape index (κ3) is 5.70. The number of hydrazone groups is 1. The predicted octanol–water partition coefficient (Wildman–Crippen LogP) is 1.21. The van der Waals surface area contributed by atoms with Crippen LogP contribution < -0.4 is 20.4 Å². The van der Waals surface area contributed by atoms with Gasteiger partial charge in [0, 0.05) is 49.8 Å².